The average molecular weight is 495 g/mol. The quantitative estimate of drug-likeness (QED) is 0.504. The summed E-state index contributed by atoms with van der Waals surface area (Å²) in [6.45, 7) is 1.70. The Morgan fingerprint density at radius 2 is 2.17 bits per heavy atom. The van der Waals surface area contributed by atoms with Crippen LogP contribution in [-0.4, -0.2) is 37.4 Å². The summed E-state index contributed by atoms with van der Waals surface area (Å²) in [4.78, 5) is 29.7. The molecule has 0 spiro atoms. The van der Waals surface area contributed by atoms with Gasteiger partial charge in [0.15, 0.2) is 23.4 Å². The number of halogens is 2. The van der Waals surface area contributed by atoms with Crippen molar-refractivity contribution in [2.45, 2.75) is 30.1 Å². The number of benzene rings is 1. The van der Waals surface area contributed by atoms with E-state index in [1.165, 1.54) is 12.3 Å². The number of hydrogen-bond donors (Lipinski definition) is 2. The molecule has 1 aliphatic heterocycles. The second-order valence-corrected chi connectivity index (χ2v) is 10.0. The molecule has 2 aromatic heterocycles. The van der Waals surface area contributed by atoms with Gasteiger partial charge in [-0.15, -0.1) is 6.42 Å². The molecule has 3 heterocycles. The van der Waals surface area contributed by atoms with Gasteiger partial charge < -0.3 is 16.2 Å². The number of nitrogens with zero attached hydrogens (tertiary/aromatic N) is 4. The van der Waals surface area contributed by atoms with Gasteiger partial charge in [-0.25, -0.2) is 18.7 Å². The van der Waals surface area contributed by atoms with Crippen LogP contribution in [-0.2, 0) is 16.8 Å². The first-order chi connectivity index (χ1) is 16.7. The number of amides is 1. The fourth-order valence-corrected chi connectivity index (χ4v) is 6.03. The van der Waals surface area contributed by atoms with Crippen LogP contribution in [0.3, 0.4) is 0 Å². The van der Waals surface area contributed by atoms with Gasteiger partial charge >= 0.3 is 0 Å². The third kappa shape index (κ3) is 3.74. The number of carbonyl (C=O) groups excluding carboxylic acids is 1. The van der Waals surface area contributed by atoms with Crippen molar-refractivity contribution >= 4 is 33.9 Å². The predicted octanol–water partition coefficient (Wildman–Crippen LogP) is 2.43. The van der Waals surface area contributed by atoms with E-state index in [1.807, 2.05) is 0 Å². The summed E-state index contributed by atoms with van der Waals surface area (Å²) in [5.74, 6) is -0.395. The van der Waals surface area contributed by atoms with Crippen LogP contribution in [0.4, 0.5) is 8.78 Å². The first-order valence-electron chi connectivity index (χ1n) is 10.7. The van der Waals surface area contributed by atoms with E-state index in [1.54, 1.807) is 19.2 Å². The number of thioether (sulfide) groups is 1. The SMILES string of the molecule is C#CCOc1cnc2c(Cc3cc(F)c(F)c([C@@]4(C)N=C(N)S[C@@]5(C(N)=O)C[C@H]54)c3)nccc2n1. The van der Waals surface area contributed by atoms with Crippen LogP contribution in [0.1, 0.15) is 30.2 Å². The van der Waals surface area contributed by atoms with Crippen molar-refractivity contribution in [3.8, 4) is 18.2 Å². The van der Waals surface area contributed by atoms with E-state index in [2.05, 4.69) is 25.9 Å². The minimum absolute atomic E-state index is 0.0140. The highest BCUT2D eigenvalue weighted by molar-refractivity contribution is 8.15. The fourth-order valence-electron chi connectivity index (χ4n) is 4.70. The Balaban J connectivity index is 1.54. The van der Waals surface area contributed by atoms with Crippen LogP contribution in [0, 0.1) is 29.9 Å². The summed E-state index contributed by atoms with van der Waals surface area (Å²) in [6.07, 6.45) is 8.71. The van der Waals surface area contributed by atoms with Gasteiger partial charge in [0, 0.05) is 24.1 Å². The van der Waals surface area contributed by atoms with Gasteiger partial charge in [0.05, 0.1) is 22.9 Å². The lowest BCUT2D eigenvalue weighted by Gasteiger charge is -2.33. The number of carbonyl (C=O) groups is 1. The molecule has 2 aliphatic rings. The summed E-state index contributed by atoms with van der Waals surface area (Å²) < 4.78 is 34.3. The smallest absolute Gasteiger partial charge is 0.234 e. The van der Waals surface area contributed by atoms with Gasteiger partial charge in [-0.1, -0.05) is 17.7 Å². The van der Waals surface area contributed by atoms with Gasteiger partial charge in [0.2, 0.25) is 11.8 Å². The maximum atomic E-state index is 15.1. The fraction of sp³-hybridized carbons (Fsp3) is 0.292. The monoisotopic (exact) mass is 494 g/mol. The summed E-state index contributed by atoms with van der Waals surface area (Å²) in [5, 5.41) is 0.110. The molecule has 3 atom stereocenters. The molecular formula is C24H20F2N6O2S. The Labute approximate surface area is 203 Å². The highest BCUT2D eigenvalue weighted by Crippen LogP contribution is 2.65. The van der Waals surface area contributed by atoms with Crippen molar-refractivity contribution in [2.24, 2.45) is 22.4 Å². The average Bonchev–Trinajstić information content (AvgIpc) is 3.57. The van der Waals surface area contributed by atoms with Gasteiger partial charge in [-0.2, -0.15) is 0 Å². The maximum absolute atomic E-state index is 15.1. The van der Waals surface area contributed by atoms with Crippen molar-refractivity contribution in [1.82, 2.24) is 15.0 Å². The molecule has 1 aliphatic carbocycles. The van der Waals surface area contributed by atoms with Crippen LogP contribution in [0.2, 0.25) is 0 Å². The normalized spacial score (nSPS) is 24.9. The van der Waals surface area contributed by atoms with E-state index >= 15 is 4.39 Å². The second kappa shape index (κ2) is 8.16. The van der Waals surface area contributed by atoms with Crippen LogP contribution < -0.4 is 16.2 Å². The van der Waals surface area contributed by atoms with Gasteiger partial charge in [0.1, 0.15) is 10.3 Å². The molecule has 4 N–H and O–H groups in total. The van der Waals surface area contributed by atoms with Crippen molar-refractivity contribution in [3.05, 3.63) is 59.0 Å². The number of nitrogens with two attached hydrogens (primary N) is 2. The zero-order valence-corrected chi connectivity index (χ0v) is 19.4. The third-order valence-electron chi connectivity index (χ3n) is 6.46. The highest BCUT2D eigenvalue weighted by atomic mass is 32.2. The molecular weight excluding hydrogens is 474 g/mol. The van der Waals surface area contributed by atoms with Crippen molar-refractivity contribution in [1.29, 1.82) is 0 Å². The number of terminal acetylenes is 1. The van der Waals surface area contributed by atoms with E-state index in [0.717, 1.165) is 17.8 Å². The maximum Gasteiger partial charge on any atom is 0.234 e. The molecule has 0 radical (unpaired) electrons. The number of aromatic nitrogens is 3. The van der Waals surface area contributed by atoms with Gasteiger partial charge in [0.25, 0.3) is 0 Å². The first-order valence-corrected chi connectivity index (χ1v) is 11.5. The molecule has 5 rings (SSSR count). The molecule has 11 heteroatoms. The van der Waals surface area contributed by atoms with E-state index in [9.17, 15) is 9.18 Å². The van der Waals surface area contributed by atoms with E-state index in [0.29, 0.717) is 28.7 Å². The van der Waals surface area contributed by atoms with Crippen molar-refractivity contribution in [3.63, 3.8) is 0 Å². The predicted molar refractivity (Wildman–Crippen MR) is 127 cm³/mol. The van der Waals surface area contributed by atoms with Crippen LogP contribution >= 0.6 is 11.8 Å². The summed E-state index contributed by atoms with van der Waals surface area (Å²) >= 11 is 1.08. The Bertz CT molecular complexity index is 1460. The number of hydrogen-bond acceptors (Lipinski definition) is 8. The van der Waals surface area contributed by atoms with Crippen LogP contribution in [0.5, 0.6) is 5.88 Å². The number of aliphatic imine (C=N–C) groups is 1. The molecule has 0 bridgehead atoms. The van der Waals surface area contributed by atoms with E-state index < -0.39 is 33.7 Å². The molecule has 178 valence electrons. The van der Waals surface area contributed by atoms with Crippen molar-refractivity contribution in [2.75, 3.05) is 6.61 Å². The number of rotatable bonds is 6. The molecule has 1 fully saturated rings. The standard InChI is InChI=1S/C24H20F2N6O2S/c1-3-6-34-18-11-30-20-15(31-18)4-5-29-16(20)9-12-7-13(19(26)14(25)8-12)23(2)17-10-24(17,21(27)33)35-22(28)32-23/h1,4-5,7-8,11,17H,6,9-10H2,2H3,(H2,27,33)(H2,28,32)/t17-,23+,24-/m0/s1. The summed E-state index contributed by atoms with van der Waals surface area (Å²) in [7, 11) is 0. The van der Waals surface area contributed by atoms with Crippen LogP contribution in [0.25, 0.3) is 11.0 Å². The number of pyridine rings is 1. The molecule has 35 heavy (non-hydrogen) atoms. The van der Waals surface area contributed by atoms with Crippen LogP contribution in [0.15, 0.2) is 35.6 Å². The largest absolute Gasteiger partial charge is 0.463 e. The van der Waals surface area contributed by atoms with Gasteiger partial charge in [-0.05, 0) is 37.1 Å². The highest BCUT2D eigenvalue weighted by Gasteiger charge is 2.70. The number of fused-ring (bicyclic) bond motifs is 2. The van der Waals surface area contributed by atoms with E-state index in [4.69, 9.17) is 22.6 Å². The van der Waals surface area contributed by atoms with Gasteiger partial charge in [-0.3, -0.25) is 14.8 Å². The number of primary amides is 1. The zero-order chi connectivity index (χ0) is 25.0. The summed E-state index contributed by atoms with van der Waals surface area (Å²) in [6, 6.07) is 4.31. The van der Waals surface area contributed by atoms with E-state index in [-0.39, 0.29) is 29.6 Å². The molecule has 0 unspecified atom stereocenters. The Kier molecular flexibility index (Phi) is 5.36. The second-order valence-electron chi connectivity index (χ2n) is 8.65. The lowest BCUT2D eigenvalue weighted by atomic mass is 9.84. The first kappa shape index (κ1) is 23.0. The Morgan fingerprint density at radius 1 is 1.37 bits per heavy atom. The summed E-state index contributed by atoms with van der Waals surface area (Å²) in [5.41, 5.74) is 12.3. The lowest BCUT2D eigenvalue weighted by molar-refractivity contribution is -0.118. The topological polar surface area (TPSA) is 129 Å². The Morgan fingerprint density at radius 3 is 2.91 bits per heavy atom. The Hall–Kier alpha value is -3.78. The molecule has 1 amide bonds. The number of ether oxygens (including phenoxy) is 1. The third-order valence-corrected chi connectivity index (χ3v) is 7.77. The molecule has 0 saturated heterocycles. The van der Waals surface area contributed by atoms with Crippen molar-refractivity contribution < 1.29 is 18.3 Å². The molecule has 8 nitrogen and oxygen atoms in total. The molecule has 1 aromatic carbocycles. The number of amidine groups is 1. The minimum atomic E-state index is -1.25. The minimum Gasteiger partial charge on any atom is -0.463 e. The zero-order valence-electron chi connectivity index (χ0n) is 18.6. The molecule has 3 aromatic rings. The molecule has 1 saturated carbocycles. The lowest BCUT2D eigenvalue weighted by Crippen LogP contribution is -2.42.